The SMILES string of the molecule is Cc1ccccc1-c1cc(CCNCCc2ccccn2)c2c(N)n[nH]c2n1. The van der Waals surface area contributed by atoms with Gasteiger partial charge in [-0.3, -0.25) is 10.1 Å². The van der Waals surface area contributed by atoms with Crippen molar-refractivity contribution in [1.82, 2.24) is 25.5 Å². The second-order valence-corrected chi connectivity index (χ2v) is 6.89. The molecule has 0 aliphatic carbocycles. The summed E-state index contributed by atoms with van der Waals surface area (Å²) >= 11 is 0. The third-order valence-electron chi connectivity index (χ3n) is 4.92. The monoisotopic (exact) mass is 372 g/mol. The fraction of sp³-hybridized carbons (Fsp3) is 0.227. The molecule has 0 atom stereocenters. The molecule has 0 saturated carbocycles. The van der Waals surface area contributed by atoms with Gasteiger partial charge in [0.2, 0.25) is 0 Å². The maximum Gasteiger partial charge on any atom is 0.158 e. The molecule has 6 nitrogen and oxygen atoms in total. The number of rotatable bonds is 7. The fourth-order valence-electron chi connectivity index (χ4n) is 3.44. The lowest BCUT2D eigenvalue weighted by Gasteiger charge is -2.10. The second kappa shape index (κ2) is 8.19. The van der Waals surface area contributed by atoms with E-state index in [2.05, 4.69) is 51.7 Å². The van der Waals surface area contributed by atoms with Crippen LogP contribution in [0.15, 0.2) is 54.7 Å². The van der Waals surface area contributed by atoms with E-state index in [9.17, 15) is 0 Å². The van der Waals surface area contributed by atoms with Gasteiger partial charge in [0, 0.05) is 30.4 Å². The van der Waals surface area contributed by atoms with Crippen molar-refractivity contribution in [2.45, 2.75) is 19.8 Å². The van der Waals surface area contributed by atoms with Crippen LogP contribution in [0, 0.1) is 6.92 Å². The van der Waals surface area contributed by atoms with E-state index in [4.69, 9.17) is 10.7 Å². The zero-order chi connectivity index (χ0) is 19.3. The zero-order valence-electron chi connectivity index (χ0n) is 15.9. The Bertz CT molecular complexity index is 1070. The zero-order valence-corrected chi connectivity index (χ0v) is 15.9. The molecule has 0 saturated heterocycles. The van der Waals surface area contributed by atoms with Crippen molar-refractivity contribution in [1.29, 1.82) is 0 Å². The molecule has 6 heteroatoms. The molecule has 0 bridgehead atoms. The van der Waals surface area contributed by atoms with E-state index >= 15 is 0 Å². The number of nitrogens with two attached hydrogens (primary N) is 1. The molecule has 142 valence electrons. The Morgan fingerprint density at radius 3 is 2.68 bits per heavy atom. The van der Waals surface area contributed by atoms with Crippen LogP contribution in [-0.4, -0.2) is 33.3 Å². The van der Waals surface area contributed by atoms with Crippen LogP contribution < -0.4 is 11.1 Å². The third-order valence-corrected chi connectivity index (χ3v) is 4.92. The summed E-state index contributed by atoms with van der Waals surface area (Å²) in [6, 6.07) is 16.4. The molecule has 0 radical (unpaired) electrons. The van der Waals surface area contributed by atoms with Crippen LogP contribution >= 0.6 is 0 Å². The van der Waals surface area contributed by atoms with E-state index in [1.807, 2.05) is 30.5 Å². The highest BCUT2D eigenvalue weighted by atomic mass is 15.2. The molecule has 0 unspecified atom stereocenters. The first-order chi connectivity index (χ1) is 13.7. The number of aryl methyl sites for hydroxylation is 1. The normalized spacial score (nSPS) is 11.2. The van der Waals surface area contributed by atoms with Gasteiger partial charge < -0.3 is 11.1 Å². The Morgan fingerprint density at radius 2 is 1.86 bits per heavy atom. The third kappa shape index (κ3) is 3.87. The van der Waals surface area contributed by atoms with Crippen molar-refractivity contribution in [3.8, 4) is 11.3 Å². The predicted octanol–water partition coefficient (Wildman–Crippen LogP) is 3.29. The van der Waals surface area contributed by atoms with E-state index in [1.165, 1.54) is 5.56 Å². The van der Waals surface area contributed by atoms with Gasteiger partial charge in [0.1, 0.15) is 0 Å². The molecule has 28 heavy (non-hydrogen) atoms. The lowest BCUT2D eigenvalue weighted by atomic mass is 10.0. The lowest BCUT2D eigenvalue weighted by molar-refractivity contribution is 0.677. The number of nitrogen functional groups attached to an aromatic ring is 1. The minimum atomic E-state index is 0.502. The number of aromatic nitrogens is 4. The summed E-state index contributed by atoms with van der Waals surface area (Å²) in [6.07, 6.45) is 3.59. The van der Waals surface area contributed by atoms with Gasteiger partial charge in [0.15, 0.2) is 11.5 Å². The number of aromatic amines is 1. The Labute approximate surface area is 164 Å². The van der Waals surface area contributed by atoms with Crippen molar-refractivity contribution >= 4 is 16.9 Å². The fourth-order valence-corrected chi connectivity index (χ4v) is 3.44. The first-order valence-electron chi connectivity index (χ1n) is 9.52. The van der Waals surface area contributed by atoms with Crippen LogP contribution in [0.4, 0.5) is 5.82 Å². The Kier molecular flexibility index (Phi) is 5.30. The Balaban J connectivity index is 1.51. The van der Waals surface area contributed by atoms with Gasteiger partial charge in [-0.1, -0.05) is 30.3 Å². The van der Waals surface area contributed by atoms with Crippen LogP contribution in [-0.2, 0) is 12.8 Å². The summed E-state index contributed by atoms with van der Waals surface area (Å²) in [5.74, 6) is 0.502. The van der Waals surface area contributed by atoms with E-state index in [1.54, 1.807) is 0 Å². The summed E-state index contributed by atoms with van der Waals surface area (Å²) in [7, 11) is 0. The molecular formula is C22H24N6. The maximum atomic E-state index is 6.09. The average molecular weight is 372 g/mol. The number of H-pyrrole nitrogens is 1. The molecular weight excluding hydrogens is 348 g/mol. The number of anilines is 1. The van der Waals surface area contributed by atoms with Gasteiger partial charge in [-0.25, -0.2) is 4.98 Å². The number of nitrogens with one attached hydrogen (secondary N) is 2. The highest BCUT2D eigenvalue weighted by molar-refractivity contribution is 5.91. The second-order valence-electron chi connectivity index (χ2n) is 6.89. The number of pyridine rings is 2. The molecule has 1 aromatic carbocycles. The van der Waals surface area contributed by atoms with Crippen molar-refractivity contribution in [2.24, 2.45) is 0 Å². The van der Waals surface area contributed by atoms with Crippen molar-refractivity contribution in [3.05, 3.63) is 71.5 Å². The largest absolute Gasteiger partial charge is 0.382 e. The first kappa shape index (κ1) is 18.1. The maximum absolute atomic E-state index is 6.09. The van der Waals surface area contributed by atoms with Crippen molar-refractivity contribution < 1.29 is 0 Å². The molecule has 4 N–H and O–H groups in total. The van der Waals surface area contributed by atoms with Gasteiger partial charge in [0.25, 0.3) is 0 Å². The van der Waals surface area contributed by atoms with Crippen LogP contribution in [0.1, 0.15) is 16.8 Å². The summed E-state index contributed by atoms with van der Waals surface area (Å²) < 4.78 is 0. The highest BCUT2D eigenvalue weighted by Gasteiger charge is 2.13. The number of hydrogen-bond acceptors (Lipinski definition) is 5. The number of nitrogens with zero attached hydrogens (tertiary/aromatic N) is 3. The molecule has 0 spiro atoms. The molecule has 0 amide bonds. The summed E-state index contributed by atoms with van der Waals surface area (Å²) in [5.41, 5.74) is 12.3. The number of hydrogen-bond donors (Lipinski definition) is 3. The standard InChI is InChI=1S/C22H24N6/c1-15-6-2-3-8-18(15)19-14-16(20-21(23)27-28-22(20)26-19)9-12-24-13-10-17-7-4-5-11-25-17/h2-8,11,14,24H,9-10,12-13H2,1H3,(H3,23,26,27,28). The number of benzene rings is 1. The minimum Gasteiger partial charge on any atom is -0.382 e. The summed E-state index contributed by atoms with van der Waals surface area (Å²) in [4.78, 5) is 9.10. The molecule has 0 aliphatic rings. The smallest absolute Gasteiger partial charge is 0.158 e. The summed E-state index contributed by atoms with van der Waals surface area (Å²) in [5, 5.41) is 11.5. The molecule has 0 aliphatic heterocycles. The van der Waals surface area contributed by atoms with Crippen LogP contribution in [0.5, 0.6) is 0 Å². The van der Waals surface area contributed by atoms with Crippen LogP contribution in [0.3, 0.4) is 0 Å². The molecule has 4 aromatic rings. The topological polar surface area (TPSA) is 92.5 Å². The molecule has 3 aromatic heterocycles. The van der Waals surface area contributed by atoms with E-state index in [0.29, 0.717) is 5.82 Å². The molecule has 4 rings (SSSR count). The quantitative estimate of drug-likeness (QED) is 0.433. The van der Waals surface area contributed by atoms with Gasteiger partial charge in [-0.2, -0.15) is 5.10 Å². The molecule has 3 heterocycles. The highest BCUT2D eigenvalue weighted by Crippen LogP contribution is 2.28. The van der Waals surface area contributed by atoms with Gasteiger partial charge in [-0.05, 0) is 49.2 Å². The van der Waals surface area contributed by atoms with E-state index in [-0.39, 0.29) is 0 Å². The van der Waals surface area contributed by atoms with Crippen LogP contribution in [0.2, 0.25) is 0 Å². The minimum absolute atomic E-state index is 0.502. The average Bonchev–Trinajstić information content (AvgIpc) is 3.10. The Hall–Kier alpha value is -3.25. The van der Waals surface area contributed by atoms with Crippen LogP contribution in [0.25, 0.3) is 22.3 Å². The Morgan fingerprint density at radius 1 is 1.04 bits per heavy atom. The first-order valence-corrected chi connectivity index (χ1v) is 9.52. The lowest BCUT2D eigenvalue weighted by Crippen LogP contribution is -2.20. The van der Waals surface area contributed by atoms with Crippen molar-refractivity contribution in [3.63, 3.8) is 0 Å². The van der Waals surface area contributed by atoms with Gasteiger partial charge in [-0.15, -0.1) is 0 Å². The van der Waals surface area contributed by atoms with E-state index < -0.39 is 0 Å². The summed E-state index contributed by atoms with van der Waals surface area (Å²) in [6.45, 7) is 3.84. The predicted molar refractivity (Wildman–Crippen MR) is 113 cm³/mol. The van der Waals surface area contributed by atoms with E-state index in [0.717, 1.165) is 59.5 Å². The van der Waals surface area contributed by atoms with Crippen molar-refractivity contribution in [2.75, 3.05) is 18.8 Å². The number of fused-ring (bicyclic) bond motifs is 1. The molecule has 0 fully saturated rings. The van der Waals surface area contributed by atoms with Gasteiger partial charge in [0.05, 0.1) is 11.1 Å². The van der Waals surface area contributed by atoms with Gasteiger partial charge >= 0.3 is 0 Å².